The first-order valence-corrected chi connectivity index (χ1v) is 12.3. The van der Waals surface area contributed by atoms with Crippen LogP contribution in [-0.4, -0.2) is 59.8 Å². The van der Waals surface area contributed by atoms with E-state index in [1.807, 2.05) is 0 Å². The highest BCUT2D eigenvalue weighted by atomic mass is 16.5. The minimum Gasteiger partial charge on any atom is -0.507 e. The Hall–Kier alpha value is -4.12. The van der Waals surface area contributed by atoms with E-state index < -0.39 is 42.0 Å². The number of carbonyl (C=O) groups is 1. The summed E-state index contributed by atoms with van der Waals surface area (Å²) in [7, 11) is 2.93. The van der Waals surface area contributed by atoms with E-state index in [0.29, 0.717) is 27.6 Å². The van der Waals surface area contributed by atoms with Gasteiger partial charge < -0.3 is 39.3 Å². The molecule has 1 aliphatic rings. The molecule has 10 nitrogen and oxygen atoms in total. The Morgan fingerprint density at radius 3 is 2.36 bits per heavy atom. The highest BCUT2D eigenvalue weighted by Gasteiger charge is 2.44. The number of aliphatic hydroxyl groups is 2. The van der Waals surface area contributed by atoms with Crippen molar-refractivity contribution in [1.29, 1.82) is 0 Å². The van der Waals surface area contributed by atoms with E-state index in [0.717, 1.165) is 0 Å². The first-order valence-electron chi connectivity index (χ1n) is 12.3. The van der Waals surface area contributed by atoms with Crippen LogP contribution in [0.15, 0.2) is 46.1 Å². The minimum atomic E-state index is -1.38. The molecule has 1 amide bonds. The van der Waals surface area contributed by atoms with E-state index in [2.05, 4.69) is 11.9 Å². The summed E-state index contributed by atoms with van der Waals surface area (Å²) >= 11 is 0. The number of nitrogens with one attached hydrogen (secondary N) is 1. The molecule has 10 heteroatoms. The van der Waals surface area contributed by atoms with Crippen LogP contribution >= 0.6 is 0 Å². The first-order chi connectivity index (χ1) is 18.6. The van der Waals surface area contributed by atoms with Crippen molar-refractivity contribution in [2.75, 3.05) is 14.2 Å². The number of phenolic OH excluding ortho intramolecular Hbond substituents is 1. The molecule has 5 atom stereocenters. The summed E-state index contributed by atoms with van der Waals surface area (Å²) in [5.74, 6) is 0.0940. The average Bonchev–Trinajstić information content (AvgIpc) is 2.92. The van der Waals surface area contributed by atoms with Crippen molar-refractivity contribution in [2.24, 2.45) is 0 Å². The van der Waals surface area contributed by atoms with Gasteiger partial charge in [0.05, 0.1) is 37.1 Å². The van der Waals surface area contributed by atoms with Crippen molar-refractivity contribution in [3.8, 4) is 17.2 Å². The first kappa shape index (κ1) is 26.5. The molecule has 1 fully saturated rings. The molecule has 3 aromatic carbocycles. The zero-order valence-electron chi connectivity index (χ0n) is 21.8. The Morgan fingerprint density at radius 2 is 1.72 bits per heavy atom. The summed E-state index contributed by atoms with van der Waals surface area (Å²) in [6.45, 7) is 6.68. The Kier molecular flexibility index (Phi) is 6.71. The number of benzene rings is 3. The molecule has 0 unspecified atom stereocenters. The fourth-order valence-electron chi connectivity index (χ4n) is 5.43. The lowest BCUT2D eigenvalue weighted by molar-refractivity contribution is -0.182. The van der Waals surface area contributed by atoms with Crippen LogP contribution in [0.4, 0.5) is 0 Å². The Balaban J connectivity index is 1.91. The van der Waals surface area contributed by atoms with Gasteiger partial charge in [0, 0.05) is 23.1 Å². The molecular weight excluding hydrogens is 506 g/mol. The third-order valence-corrected chi connectivity index (χ3v) is 7.26. The van der Waals surface area contributed by atoms with Crippen LogP contribution in [-0.2, 0) is 9.53 Å². The molecule has 4 N–H and O–H groups in total. The Bertz CT molecular complexity index is 1690. The zero-order valence-corrected chi connectivity index (χ0v) is 21.8. The van der Waals surface area contributed by atoms with Crippen LogP contribution in [0.3, 0.4) is 0 Å². The van der Waals surface area contributed by atoms with Gasteiger partial charge in [-0.3, -0.25) is 4.79 Å². The number of carbonyl (C=O) groups excluding carboxylic acids is 1. The predicted molar refractivity (Wildman–Crippen MR) is 145 cm³/mol. The van der Waals surface area contributed by atoms with E-state index >= 15 is 0 Å². The van der Waals surface area contributed by atoms with Crippen molar-refractivity contribution in [1.82, 2.24) is 5.32 Å². The quantitative estimate of drug-likeness (QED) is 0.223. The molecule has 1 aliphatic heterocycles. The number of aliphatic hydroxyl groups excluding tert-OH is 2. The van der Waals surface area contributed by atoms with Crippen LogP contribution in [0.5, 0.6) is 17.2 Å². The van der Waals surface area contributed by atoms with Gasteiger partial charge in [-0.05, 0) is 42.3 Å². The second-order valence-corrected chi connectivity index (χ2v) is 9.59. The number of fused-ring (bicyclic) bond motifs is 5. The van der Waals surface area contributed by atoms with Crippen LogP contribution in [0.25, 0.3) is 38.6 Å². The molecule has 1 saturated heterocycles. The van der Waals surface area contributed by atoms with Gasteiger partial charge in [-0.2, -0.15) is 0 Å². The molecule has 204 valence electrons. The summed E-state index contributed by atoms with van der Waals surface area (Å²) < 4.78 is 23.2. The van der Waals surface area contributed by atoms with Crippen molar-refractivity contribution in [2.45, 2.75) is 44.3 Å². The molecule has 5 rings (SSSR count). The number of ether oxygens (including phenoxy) is 3. The Labute approximate surface area is 223 Å². The number of rotatable bonds is 5. The number of hydrogen-bond donors (Lipinski definition) is 4. The van der Waals surface area contributed by atoms with Gasteiger partial charge in [0.15, 0.2) is 0 Å². The van der Waals surface area contributed by atoms with Crippen LogP contribution in [0, 0.1) is 0 Å². The van der Waals surface area contributed by atoms with Crippen molar-refractivity contribution in [3.63, 3.8) is 0 Å². The normalized spacial score (nSPS) is 23.2. The lowest BCUT2D eigenvalue weighted by Gasteiger charge is -2.42. The van der Waals surface area contributed by atoms with E-state index in [1.54, 1.807) is 37.3 Å². The number of amides is 1. The molecule has 4 aromatic rings. The summed E-state index contributed by atoms with van der Waals surface area (Å²) in [4.78, 5) is 25.2. The summed E-state index contributed by atoms with van der Waals surface area (Å²) in [5, 5.41) is 37.2. The number of phenols is 1. The minimum absolute atomic E-state index is 0.115. The molecule has 0 aliphatic carbocycles. The van der Waals surface area contributed by atoms with Crippen molar-refractivity contribution >= 4 is 44.5 Å². The second kappa shape index (κ2) is 9.88. The van der Waals surface area contributed by atoms with Crippen LogP contribution in [0.1, 0.15) is 31.1 Å². The van der Waals surface area contributed by atoms with Gasteiger partial charge in [0.1, 0.15) is 41.1 Å². The lowest BCUT2D eigenvalue weighted by Crippen LogP contribution is -2.60. The molecule has 2 heterocycles. The monoisotopic (exact) mass is 535 g/mol. The molecule has 0 spiro atoms. The molecule has 1 aromatic heterocycles. The second-order valence-electron chi connectivity index (χ2n) is 9.59. The molecule has 0 bridgehead atoms. The lowest BCUT2D eigenvalue weighted by atomic mass is 9.86. The summed E-state index contributed by atoms with van der Waals surface area (Å²) in [6.07, 6.45) is -2.83. The highest BCUT2D eigenvalue weighted by Crippen LogP contribution is 2.47. The zero-order chi connectivity index (χ0) is 28.2. The molecule has 39 heavy (non-hydrogen) atoms. The van der Waals surface area contributed by atoms with Crippen LogP contribution < -0.4 is 20.4 Å². The SMILES string of the molecule is C=Cc1cc(OC)c2c(c1)c(=O)oc1c2cc(OC)c2c(O)ccc([C@@H]3O[C@H](C)[C@H](O)[C@H](NC(C)=O)[C@H]3O)c21. The van der Waals surface area contributed by atoms with Crippen molar-refractivity contribution in [3.05, 3.63) is 58.5 Å². The molecular formula is C29H29NO9. The molecule has 0 saturated carbocycles. The maximum absolute atomic E-state index is 13.3. The van der Waals surface area contributed by atoms with E-state index in [9.17, 15) is 24.9 Å². The largest absolute Gasteiger partial charge is 0.507 e. The molecule has 0 radical (unpaired) electrons. The third-order valence-electron chi connectivity index (χ3n) is 7.26. The topological polar surface area (TPSA) is 148 Å². The van der Waals surface area contributed by atoms with Gasteiger partial charge in [0.2, 0.25) is 5.91 Å². The van der Waals surface area contributed by atoms with Gasteiger partial charge in [-0.25, -0.2) is 4.79 Å². The van der Waals surface area contributed by atoms with Gasteiger partial charge >= 0.3 is 5.63 Å². The number of methoxy groups -OCH3 is 2. The van der Waals surface area contributed by atoms with Crippen molar-refractivity contribution < 1.29 is 38.7 Å². The predicted octanol–water partition coefficient (Wildman–Crippen LogP) is 3.15. The van der Waals surface area contributed by atoms with Gasteiger partial charge in [0.25, 0.3) is 0 Å². The maximum atomic E-state index is 13.3. The van der Waals surface area contributed by atoms with Gasteiger partial charge in [-0.15, -0.1) is 0 Å². The summed E-state index contributed by atoms with van der Waals surface area (Å²) in [5.41, 5.74) is 0.486. The Morgan fingerprint density at radius 1 is 1.03 bits per heavy atom. The number of aromatic hydroxyl groups is 1. The summed E-state index contributed by atoms with van der Waals surface area (Å²) in [6, 6.07) is 6.95. The smallest absolute Gasteiger partial charge is 0.344 e. The fraction of sp³-hybridized carbons (Fsp3) is 0.310. The van der Waals surface area contributed by atoms with Crippen LogP contribution in [0.2, 0.25) is 0 Å². The van der Waals surface area contributed by atoms with E-state index in [4.69, 9.17) is 18.6 Å². The fourth-order valence-corrected chi connectivity index (χ4v) is 5.43. The third kappa shape index (κ3) is 4.17. The maximum Gasteiger partial charge on any atom is 0.344 e. The highest BCUT2D eigenvalue weighted by molar-refractivity contribution is 6.19. The van der Waals surface area contributed by atoms with Gasteiger partial charge in [-0.1, -0.05) is 18.7 Å². The van der Waals surface area contributed by atoms with E-state index in [1.165, 1.54) is 27.2 Å². The average molecular weight is 536 g/mol. The standard InChI is InChI=1S/C29H29NO9/c1-6-14-9-17-21(19(10-14)36-4)16-11-20(37-5)23-18(32)8-7-15(22(23)27(16)39-29(17)35)28-26(34)24(30-13(3)31)25(33)12(2)38-28/h6-12,24-26,28,32-34H,1H2,2-5H3,(H,30,31)/t12-,24+,25+,26-,28+/m1/s1. The number of hydrogen-bond acceptors (Lipinski definition) is 9. The van der Waals surface area contributed by atoms with E-state index in [-0.39, 0.29) is 33.2 Å².